The van der Waals surface area contributed by atoms with Gasteiger partial charge in [0, 0.05) is 17.6 Å². The summed E-state index contributed by atoms with van der Waals surface area (Å²) in [7, 11) is 0. The van der Waals surface area contributed by atoms with Crippen LogP contribution >= 0.6 is 0 Å². The number of nitrogens with zero attached hydrogens (tertiary/aromatic N) is 4. The van der Waals surface area contributed by atoms with E-state index in [1.54, 1.807) is 12.1 Å². The van der Waals surface area contributed by atoms with Crippen LogP contribution in [0.1, 0.15) is 11.3 Å². The summed E-state index contributed by atoms with van der Waals surface area (Å²) >= 11 is 0. The molecule has 1 N–H and O–H groups in total. The van der Waals surface area contributed by atoms with E-state index in [0.29, 0.717) is 24.2 Å². The van der Waals surface area contributed by atoms with Gasteiger partial charge in [-0.15, -0.1) is 0 Å². The van der Waals surface area contributed by atoms with Gasteiger partial charge >= 0.3 is 11.6 Å². The number of para-hydroxylation sites is 1. The summed E-state index contributed by atoms with van der Waals surface area (Å²) in [6.45, 7) is 2.36. The summed E-state index contributed by atoms with van der Waals surface area (Å²) in [5.74, 6) is 0.381. The normalized spacial score (nSPS) is 10.7. The standard InChI is InChI=1S/C22H19N5O3/c1-15-10-11-17-8-5-9-18(19(17)26-15)30-22-20(27(28)29)21(24-14-25-22)23-13-12-16-6-3-2-4-7-16/h2-11,14H,12-13H2,1H3,(H,23,24,25). The Morgan fingerprint density at radius 2 is 1.87 bits per heavy atom. The van der Waals surface area contributed by atoms with Gasteiger partial charge in [-0.05, 0) is 31.0 Å². The van der Waals surface area contributed by atoms with E-state index in [2.05, 4.69) is 20.3 Å². The van der Waals surface area contributed by atoms with Gasteiger partial charge < -0.3 is 10.1 Å². The first-order valence-electron chi connectivity index (χ1n) is 9.43. The maximum absolute atomic E-state index is 11.8. The first-order chi connectivity index (χ1) is 14.6. The molecule has 4 aromatic rings. The van der Waals surface area contributed by atoms with Crippen molar-refractivity contribution in [3.63, 3.8) is 0 Å². The molecule has 0 saturated carbocycles. The first-order valence-corrected chi connectivity index (χ1v) is 9.43. The van der Waals surface area contributed by atoms with E-state index in [1.807, 2.05) is 55.5 Å². The zero-order valence-electron chi connectivity index (χ0n) is 16.3. The summed E-state index contributed by atoms with van der Waals surface area (Å²) in [5.41, 5.74) is 2.24. The Kier molecular flexibility index (Phi) is 5.47. The average Bonchev–Trinajstić information content (AvgIpc) is 2.75. The number of nitro groups is 1. The highest BCUT2D eigenvalue weighted by Crippen LogP contribution is 2.36. The van der Waals surface area contributed by atoms with Crippen LogP contribution in [0.3, 0.4) is 0 Å². The Bertz CT molecular complexity index is 1200. The summed E-state index contributed by atoms with van der Waals surface area (Å²) < 4.78 is 5.85. The lowest BCUT2D eigenvalue weighted by Gasteiger charge is -2.11. The summed E-state index contributed by atoms with van der Waals surface area (Å²) in [5, 5.41) is 15.7. The maximum Gasteiger partial charge on any atom is 0.373 e. The predicted octanol–water partition coefficient (Wildman–Crippen LogP) is 4.69. The van der Waals surface area contributed by atoms with Gasteiger partial charge in [0.1, 0.15) is 11.8 Å². The molecule has 0 atom stereocenters. The first kappa shape index (κ1) is 19.3. The molecular weight excluding hydrogens is 382 g/mol. The van der Waals surface area contributed by atoms with Gasteiger partial charge in [-0.2, -0.15) is 4.98 Å². The molecule has 0 aliphatic carbocycles. The monoisotopic (exact) mass is 401 g/mol. The molecule has 2 aromatic carbocycles. The fourth-order valence-corrected chi connectivity index (χ4v) is 3.11. The fraction of sp³-hybridized carbons (Fsp3) is 0.136. The van der Waals surface area contributed by atoms with Gasteiger partial charge in [0.05, 0.1) is 4.92 Å². The van der Waals surface area contributed by atoms with Gasteiger partial charge in [0.25, 0.3) is 0 Å². The van der Waals surface area contributed by atoms with Crippen LogP contribution < -0.4 is 10.1 Å². The third-order valence-corrected chi connectivity index (χ3v) is 4.55. The number of nitrogens with one attached hydrogen (secondary N) is 1. The molecule has 0 fully saturated rings. The summed E-state index contributed by atoms with van der Waals surface area (Å²) in [6.07, 6.45) is 1.95. The molecule has 0 amide bonds. The van der Waals surface area contributed by atoms with Crippen molar-refractivity contribution in [3.8, 4) is 11.6 Å². The molecule has 4 rings (SSSR count). The van der Waals surface area contributed by atoms with E-state index in [4.69, 9.17) is 4.74 Å². The van der Waals surface area contributed by atoms with Crippen LogP contribution in [0.15, 0.2) is 67.0 Å². The average molecular weight is 401 g/mol. The number of hydrogen-bond acceptors (Lipinski definition) is 7. The van der Waals surface area contributed by atoms with E-state index >= 15 is 0 Å². The molecule has 2 heterocycles. The molecule has 0 aliphatic heterocycles. The molecule has 150 valence electrons. The third-order valence-electron chi connectivity index (χ3n) is 4.55. The maximum atomic E-state index is 11.8. The van der Waals surface area contributed by atoms with Crippen molar-refractivity contribution < 1.29 is 9.66 Å². The molecule has 30 heavy (non-hydrogen) atoms. The number of hydrogen-bond donors (Lipinski definition) is 1. The Balaban J connectivity index is 1.62. The molecule has 8 heteroatoms. The molecule has 0 unspecified atom stereocenters. The van der Waals surface area contributed by atoms with Crippen molar-refractivity contribution >= 4 is 22.4 Å². The van der Waals surface area contributed by atoms with Crippen LogP contribution in [0.25, 0.3) is 10.9 Å². The van der Waals surface area contributed by atoms with Gasteiger partial charge in [-0.1, -0.05) is 48.5 Å². The lowest BCUT2D eigenvalue weighted by molar-refractivity contribution is -0.385. The summed E-state index contributed by atoms with van der Waals surface area (Å²) in [6, 6.07) is 19.1. The minimum absolute atomic E-state index is 0.116. The zero-order valence-corrected chi connectivity index (χ0v) is 16.3. The zero-order chi connectivity index (χ0) is 20.9. The van der Waals surface area contributed by atoms with Crippen molar-refractivity contribution in [1.29, 1.82) is 0 Å². The highest BCUT2D eigenvalue weighted by atomic mass is 16.6. The van der Waals surface area contributed by atoms with Crippen LogP contribution in [-0.4, -0.2) is 26.4 Å². The molecular formula is C22H19N5O3. The van der Waals surface area contributed by atoms with E-state index in [0.717, 1.165) is 16.6 Å². The highest BCUT2D eigenvalue weighted by molar-refractivity contribution is 5.85. The fourth-order valence-electron chi connectivity index (χ4n) is 3.11. The van der Waals surface area contributed by atoms with Gasteiger partial charge in [0.15, 0.2) is 5.75 Å². The second-order valence-electron chi connectivity index (χ2n) is 6.68. The number of ether oxygens (including phenoxy) is 1. The minimum atomic E-state index is -0.538. The van der Waals surface area contributed by atoms with Gasteiger partial charge in [-0.25, -0.2) is 9.97 Å². The topological polar surface area (TPSA) is 103 Å². The lowest BCUT2D eigenvalue weighted by Crippen LogP contribution is -2.10. The van der Waals surface area contributed by atoms with Crippen molar-refractivity contribution in [2.75, 3.05) is 11.9 Å². The number of rotatable bonds is 7. The molecule has 0 aliphatic rings. The lowest BCUT2D eigenvalue weighted by atomic mass is 10.1. The van der Waals surface area contributed by atoms with E-state index in [9.17, 15) is 10.1 Å². The van der Waals surface area contributed by atoms with Crippen LogP contribution in [0, 0.1) is 17.0 Å². The molecule has 2 aromatic heterocycles. The van der Waals surface area contributed by atoms with E-state index in [-0.39, 0.29) is 17.4 Å². The minimum Gasteiger partial charge on any atom is -0.431 e. The van der Waals surface area contributed by atoms with Crippen molar-refractivity contribution in [3.05, 3.63) is 88.4 Å². The highest BCUT2D eigenvalue weighted by Gasteiger charge is 2.25. The van der Waals surface area contributed by atoms with Gasteiger partial charge in [-0.3, -0.25) is 10.1 Å². The van der Waals surface area contributed by atoms with Crippen LogP contribution in [0.4, 0.5) is 11.5 Å². The second kappa shape index (κ2) is 8.52. The number of fused-ring (bicyclic) bond motifs is 1. The molecule has 0 bridgehead atoms. The SMILES string of the molecule is Cc1ccc2cccc(Oc3ncnc(NCCc4ccccc4)c3[N+](=O)[O-])c2n1. The van der Waals surface area contributed by atoms with Crippen molar-refractivity contribution in [1.82, 2.24) is 15.0 Å². The molecule has 0 radical (unpaired) electrons. The van der Waals surface area contributed by atoms with Crippen LogP contribution in [0.2, 0.25) is 0 Å². The van der Waals surface area contributed by atoms with Gasteiger partial charge in [0.2, 0.25) is 5.82 Å². The van der Waals surface area contributed by atoms with Crippen molar-refractivity contribution in [2.24, 2.45) is 0 Å². The largest absolute Gasteiger partial charge is 0.431 e. The number of anilines is 1. The second-order valence-corrected chi connectivity index (χ2v) is 6.68. The Morgan fingerprint density at radius 3 is 2.67 bits per heavy atom. The Hall–Kier alpha value is -4.07. The number of aromatic nitrogens is 3. The van der Waals surface area contributed by atoms with E-state index < -0.39 is 4.92 Å². The number of aryl methyl sites for hydroxylation is 1. The Labute approximate surface area is 172 Å². The van der Waals surface area contributed by atoms with Crippen LogP contribution in [-0.2, 0) is 6.42 Å². The molecule has 0 saturated heterocycles. The smallest absolute Gasteiger partial charge is 0.373 e. The van der Waals surface area contributed by atoms with E-state index in [1.165, 1.54) is 6.33 Å². The number of benzene rings is 2. The predicted molar refractivity (Wildman–Crippen MR) is 114 cm³/mol. The van der Waals surface area contributed by atoms with Crippen molar-refractivity contribution in [2.45, 2.75) is 13.3 Å². The molecule has 8 nitrogen and oxygen atoms in total. The quantitative estimate of drug-likeness (QED) is 0.354. The third kappa shape index (κ3) is 4.17. The summed E-state index contributed by atoms with van der Waals surface area (Å²) in [4.78, 5) is 23.8. The molecule has 0 spiro atoms. The van der Waals surface area contributed by atoms with Crippen LogP contribution in [0.5, 0.6) is 11.6 Å². The Morgan fingerprint density at radius 1 is 1.03 bits per heavy atom. The number of pyridine rings is 1.